The van der Waals surface area contributed by atoms with Gasteiger partial charge in [0, 0.05) is 4.47 Å². The number of esters is 1. The van der Waals surface area contributed by atoms with E-state index in [1.165, 1.54) is 18.4 Å². The summed E-state index contributed by atoms with van der Waals surface area (Å²) in [7, 11) is 7.97. The van der Waals surface area contributed by atoms with Crippen molar-refractivity contribution < 1.29 is 9.53 Å². The zero-order chi connectivity index (χ0) is 9.14. The van der Waals surface area contributed by atoms with Crippen molar-refractivity contribution in [1.29, 1.82) is 0 Å². The largest absolute Gasteiger partial charge is 0.465 e. The van der Waals surface area contributed by atoms with E-state index in [2.05, 4.69) is 20.7 Å². The summed E-state index contributed by atoms with van der Waals surface area (Å²) in [6, 6.07) is 1.70. The first-order valence-electron chi connectivity index (χ1n) is 2.85. The molecule has 0 bridgehead atoms. The molecule has 0 aromatic carbocycles. The molecule has 6 heteroatoms. The van der Waals surface area contributed by atoms with Gasteiger partial charge in [-0.05, 0) is 43.7 Å². The molecule has 1 aromatic rings. The molecule has 0 aliphatic rings. The molecule has 0 aliphatic heterocycles. The van der Waals surface area contributed by atoms with Crippen LogP contribution < -0.4 is 0 Å². The lowest BCUT2D eigenvalue weighted by molar-refractivity contribution is 0.0606. The predicted molar refractivity (Wildman–Crippen MR) is 55.1 cm³/mol. The summed E-state index contributed by atoms with van der Waals surface area (Å²) < 4.78 is 6.23. The molecular formula is C6H4BrClO2S2. The molecule has 0 unspecified atom stereocenters. The van der Waals surface area contributed by atoms with E-state index < -0.39 is 0 Å². The van der Waals surface area contributed by atoms with E-state index in [1.54, 1.807) is 6.07 Å². The van der Waals surface area contributed by atoms with Crippen molar-refractivity contribution in [1.82, 2.24) is 0 Å². The summed E-state index contributed by atoms with van der Waals surface area (Å²) >= 11 is 4.57. The summed E-state index contributed by atoms with van der Waals surface area (Å²) in [5, 5.41) is 0. The molecule has 1 aromatic heterocycles. The molecule has 1 heterocycles. The molecule has 0 atom stereocenters. The minimum absolute atomic E-state index is 0.335. The van der Waals surface area contributed by atoms with Gasteiger partial charge in [-0.3, -0.25) is 0 Å². The molecule has 0 saturated carbocycles. The second kappa shape index (κ2) is 4.50. The molecule has 0 saturated heterocycles. The third kappa shape index (κ3) is 2.16. The fraction of sp³-hybridized carbons (Fsp3) is 0.167. The van der Waals surface area contributed by atoms with Crippen LogP contribution in [0.25, 0.3) is 0 Å². The number of methoxy groups -OCH3 is 1. The van der Waals surface area contributed by atoms with Crippen molar-refractivity contribution in [2.75, 3.05) is 7.11 Å². The molecule has 0 spiro atoms. The first-order chi connectivity index (χ1) is 5.69. The minimum Gasteiger partial charge on any atom is -0.465 e. The van der Waals surface area contributed by atoms with Gasteiger partial charge in [0.2, 0.25) is 0 Å². The van der Waals surface area contributed by atoms with Crippen LogP contribution >= 0.6 is 48.9 Å². The Morgan fingerprint density at radius 3 is 2.92 bits per heavy atom. The molecule has 1 rings (SSSR count). The van der Waals surface area contributed by atoms with Crippen LogP contribution in [0.2, 0.25) is 0 Å². The van der Waals surface area contributed by atoms with Crippen molar-refractivity contribution in [2.24, 2.45) is 0 Å². The van der Waals surface area contributed by atoms with Crippen LogP contribution in [0.1, 0.15) is 9.67 Å². The van der Waals surface area contributed by atoms with Crippen LogP contribution in [0.4, 0.5) is 0 Å². The van der Waals surface area contributed by atoms with Gasteiger partial charge in [0.25, 0.3) is 0 Å². The average Bonchev–Trinajstić information content (AvgIpc) is 2.45. The normalized spacial score (nSPS) is 9.92. The molecule has 0 radical (unpaired) electrons. The van der Waals surface area contributed by atoms with Crippen LogP contribution in [0.3, 0.4) is 0 Å². The van der Waals surface area contributed by atoms with Crippen LogP contribution in [-0.4, -0.2) is 13.1 Å². The quantitative estimate of drug-likeness (QED) is 0.778. The minimum atomic E-state index is -0.335. The maximum atomic E-state index is 11.0. The second-order valence-electron chi connectivity index (χ2n) is 1.81. The monoisotopic (exact) mass is 286 g/mol. The lowest BCUT2D eigenvalue weighted by Gasteiger charge is -1.90. The first-order valence-corrected chi connectivity index (χ1v) is 6.10. The van der Waals surface area contributed by atoms with Gasteiger partial charge in [0.05, 0.1) is 11.3 Å². The fourth-order valence-electron chi connectivity index (χ4n) is 0.606. The van der Waals surface area contributed by atoms with E-state index >= 15 is 0 Å². The standard InChI is InChI=1S/C6H4BrClO2S2/c1-10-5(9)4-2-3(7)6(11-4)12-8/h2H,1H3. The van der Waals surface area contributed by atoms with Crippen molar-refractivity contribution in [2.45, 2.75) is 4.21 Å². The summed E-state index contributed by atoms with van der Waals surface area (Å²) in [5.41, 5.74) is 0. The van der Waals surface area contributed by atoms with Gasteiger partial charge >= 0.3 is 5.97 Å². The fourth-order valence-corrected chi connectivity index (χ4v) is 3.51. The maximum Gasteiger partial charge on any atom is 0.348 e. The van der Waals surface area contributed by atoms with Gasteiger partial charge in [-0.1, -0.05) is 0 Å². The Morgan fingerprint density at radius 1 is 1.83 bits per heavy atom. The van der Waals surface area contributed by atoms with E-state index in [4.69, 9.17) is 10.7 Å². The number of carbonyl (C=O) groups excluding carboxylic acids is 1. The highest BCUT2D eigenvalue weighted by Crippen LogP contribution is 2.37. The number of hydrogen-bond donors (Lipinski definition) is 0. The highest BCUT2D eigenvalue weighted by Gasteiger charge is 2.13. The van der Waals surface area contributed by atoms with Crippen LogP contribution in [0.5, 0.6) is 0 Å². The summed E-state index contributed by atoms with van der Waals surface area (Å²) in [6.07, 6.45) is 0. The topological polar surface area (TPSA) is 26.3 Å². The third-order valence-corrected chi connectivity index (χ3v) is 4.77. The lowest BCUT2D eigenvalue weighted by Crippen LogP contribution is -1.96. The Hall–Kier alpha value is 0.290. The van der Waals surface area contributed by atoms with E-state index in [1.807, 2.05) is 0 Å². The van der Waals surface area contributed by atoms with E-state index in [0.717, 1.165) is 19.7 Å². The molecule has 0 amide bonds. The van der Waals surface area contributed by atoms with E-state index in [-0.39, 0.29) is 5.97 Å². The number of halogens is 2. The Bertz CT molecular complexity index is 300. The predicted octanol–water partition coefficient (Wildman–Crippen LogP) is 3.54. The first kappa shape index (κ1) is 10.4. The smallest absolute Gasteiger partial charge is 0.348 e. The number of rotatable bonds is 2. The van der Waals surface area contributed by atoms with Crippen molar-refractivity contribution in [3.05, 3.63) is 15.4 Å². The zero-order valence-corrected chi connectivity index (χ0v) is 9.94. The van der Waals surface area contributed by atoms with E-state index in [9.17, 15) is 4.79 Å². The Balaban J connectivity index is 2.96. The van der Waals surface area contributed by atoms with Gasteiger partial charge in [0.1, 0.15) is 4.88 Å². The SMILES string of the molecule is COC(=O)c1cc(Br)c(SCl)s1. The van der Waals surface area contributed by atoms with Gasteiger partial charge in [-0.2, -0.15) is 0 Å². The third-order valence-electron chi connectivity index (χ3n) is 1.11. The molecule has 0 N–H and O–H groups in total. The second-order valence-corrected chi connectivity index (χ2v) is 5.01. The zero-order valence-electron chi connectivity index (χ0n) is 5.97. The van der Waals surface area contributed by atoms with Crippen LogP contribution in [0.15, 0.2) is 14.7 Å². The molecule has 0 aliphatic carbocycles. The van der Waals surface area contributed by atoms with Crippen molar-refractivity contribution in [3.8, 4) is 0 Å². The Kier molecular flexibility index (Phi) is 3.89. The lowest BCUT2D eigenvalue weighted by atomic mass is 10.5. The molecule has 12 heavy (non-hydrogen) atoms. The molecule has 2 nitrogen and oxygen atoms in total. The number of hydrogen-bond acceptors (Lipinski definition) is 4. The molecule has 0 fully saturated rings. The summed E-state index contributed by atoms with van der Waals surface area (Å²) in [4.78, 5) is 11.6. The van der Waals surface area contributed by atoms with Gasteiger partial charge in [0.15, 0.2) is 0 Å². The average molecular weight is 288 g/mol. The Labute approximate surface area is 90.9 Å². The number of thiophene rings is 1. The summed E-state index contributed by atoms with van der Waals surface area (Å²) in [5.74, 6) is -0.335. The maximum absolute atomic E-state index is 11.0. The van der Waals surface area contributed by atoms with E-state index in [0.29, 0.717) is 4.88 Å². The van der Waals surface area contributed by atoms with Gasteiger partial charge in [-0.15, -0.1) is 11.3 Å². The Morgan fingerprint density at radius 2 is 2.50 bits per heavy atom. The number of carbonyl (C=O) groups is 1. The van der Waals surface area contributed by atoms with Crippen LogP contribution in [-0.2, 0) is 4.74 Å². The van der Waals surface area contributed by atoms with Gasteiger partial charge < -0.3 is 4.74 Å². The summed E-state index contributed by atoms with van der Waals surface area (Å²) in [6.45, 7) is 0. The van der Waals surface area contributed by atoms with Gasteiger partial charge in [-0.25, -0.2) is 4.79 Å². The molecule has 66 valence electrons. The number of ether oxygens (including phenoxy) is 1. The molecular weight excluding hydrogens is 284 g/mol. The van der Waals surface area contributed by atoms with Crippen LogP contribution in [0, 0.1) is 0 Å². The van der Waals surface area contributed by atoms with Crippen molar-refractivity contribution in [3.63, 3.8) is 0 Å². The highest BCUT2D eigenvalue weighted by atomic mass is 79.9. The van der Waals surface area contributed by atoms with Crippen molar-refractivity contribution >= 4 is 54.9 Å². The highest BCUT2D eigenvalue weighted by molar-refractivity contribution is 9.10.